The van der Waals surface area contributed by atoms with E-state index < -0.39 is 23.7 Å². The number of hydrogen-bond acceptors (Lipinski definition) is 4. The molecule has 0 bridgehead atoms. The highest BCUT2D eigenvalue weighted by atomic mass is 19.1. The predicted molar refractivity (Wildman–Crippen MR) is 69.2 cm³/mol. The highest BCUT2D eigenvalue weighted by molar-refractivity contribution is 6.02. The van der Waals surface area contributed by atoms with E-state index >= 15 is 0 Å². The van der Waals surface area contributed by atoms with Gasteiger partial charge < -0.3 is 20.5 Å². The van der Waals surface area contributed by atoms with E-state index in [1.807, 2.05) is 0 Å². The summed E-state index contributed by atoms with van der Waals surface area (Å²) in [6, 6.07) is 3.09. The van der Waals surface area contributed by atoms with Crippen LogP contribution in [0.3, 0.4) is 0 Å². The summed E-state index contributed by atoms with van der Waals surface area (Å²) in [6.07, 6.45) is 0.379. The third-order valence-corrected chi connectivity index (χ3v) is 3.23. The van der Waals surface area contributed by atoms with E-state index in [4.69, 9.17) is 9.84 Å². The van der Waals surface area contributed by atoms with E-state index in [2.05, 4.69) is 10.6 Å². The molecule has 20 heavy (non-hydrogen) atoms. The third-order valence-electron chi connectivity index (χ3n) is 3.23. The number of anilines is 1. The Labute approximate surface area is 114 Å². The highest BCUT2D eigenvalue weighted by Gasteiger charge is 2.30. The van der Waals surface area contributed by atoms with Crippen molar-refractivity contribution in [2.24, 2.45) is 0 Å². The van der Waals surface area contributed by atoms with Crippen molar-refractivity contribution in [3.05, 3.63) is 29.6 Å². The summed E-state index contributed by atoms with van der Waals surface area (Å²) in [6.45, 7) is 0.525. The molecule has 0 aromatic heterocycles. The van der Waals surface area contributed by atoms with Gasteiger partial charge in [-0.25, -0.2) is 9.18 Å². The molecule has 1 aromatic rings. The van der Waals surface area contributed by atoms with Crippen molar-refractivity contribution in [2.45, 2.75) is 18.6 Å². The number of carboxylic acids is 1. The minimum absolute atomic E-state index is 0.0784. The summed E-state index contributed by atoms with van der Waals surface area (Å²) >= 11 is 0. The van der Waals surface area contributed by atoms with Gasteiger partial charge in [0.2, 0.25) is 5.91 Å². The Morgan fingerprint density at radius 2 is 2.25 bits per heavy atom. The number of carboxylic acid groups (broad SMARTS) is 1. The Morgan fingerprint density at radius 3 is 2.85 bits per heavy atom. The monoisotopic (exact) mass is 282 g/mol. The second-order valence-electron chi connectivity index (χ2n) is 4.51. The molecule has 2 rings (SSSR count). The van der Waals surface area contributed by atoms with Crippen LogP contribution in [0.25, 0.3) is 0 Å². The van der Waals surface area contributed by atoms with Gasteiger partial charge in [-0.1, -0.05) is 6.07 Å². The van der Waals surface area contributed by atoms with Crippen molar-refractivity contribution >= 4 is 17.6 Å². The van der Waals surface area contributed by atoms with Gasteiger partial charge in [-0.2, -0.15) is 0 Å². The maximum absolute atomic E-state index is 13.7. The number of ether oxygens (including phenoxy) is 1. The number of methoxy groups -OCH3 is 1. The molecule has 1 amide bonds. The molecule has 1 fully saturated rings. The average Bonchev–Trinajstić information content (AvgIpc) is 2.89. The van der Waals surface area contributed by atoms with Crippen molar-refractivity contribution in [3.8, 4) is 0 Å². The first-order valence-corrected chi connectivity index (χ1v) is 6.11. The molecule has 1 saturated heterocycles. The summed E-state index contributed by atoms with van der Waals surface area (Å²) < 4.78 is 18.8. The Hall–Kier alpha value is -1.99. The Kier molecular flexibility index (Phi) is 4.31. The van der Waals surface area contributed by atoms with Gasteiger partial charge in [0.15, 0.2) is 0 Å². The average molecular weight is 282 g/mol. The van der Waals surface area contributed by atoms with E-state index in [0.29, 0.717) is 13.0 Å². The van der Waals surface area contributed by atoms with Crippen molar-refractivity contribution in [1.29, 1.82) is 0 Å². The van der Waals surface area contributed by atoms with E-state index in [1.165, 1.54) is 12.1 Å². The van der Waals surface area contributed by atoms with Gasteiger partial charge >= 0.3 is 5.97 Å². The standard InChI is InChI=1S/C13H15FN2O4/c1-20-7-5-10(15-6-7)12(17)16-11-8(13(18)19)3-2-4-9(11)14/h2-4,7,10,15H,5-6H2,1H3,(H,16,17)(H,18,19). The lowest BCUT2D eigenvalue weighted by atomic mass is 10.1. The molecular formula is C13H15FN2O4. The SMILES string of the molecule is COC1CNC(C(=O)Nc2c(F)cccc2C(=O)O)C1. The third kappa shape index (κ3) is 2.94. The molecule has 6 nitrogen and oxygen atoms in total. The number of carbonyl (C=O) groups is 2. The van der Waals surface area contributed by atoms with Crippen LogP contribution in [0.5, 0.6) is 0 Å². The molecule has 2 unspecified atom stereocenters. The zero-order valence-electron chi connectivity index (χ0n) is 10.9. The van der Waals surface area contributed by atoms with Crippen LogP contribution in [0.2, 0.25) is 0 Å². The van der Waals surface area contributed by atoms with Crippen LogP contribution in [-0.2, 0) is 9.53 Å². The molecule has 0 spiro atoms. The van der Waals surface area contributed by atoms with Crippen LogP contribution in [-0.4, -0.2) is 42.8 Å². The van der Waals surface area contributed by atoms with E-state index in [9.17, 15) is 14.0 Å². The van der Waals surface area contributed by atoms with E-state index in [-0.39, 0.29) is 17.4 Å². The number of amides is 1. The zero-order chi connectivity index (χ0) is 14.7. The Balaban J connectivity index is 2.14. The summed E-state index contributed by atoms with van der Waals surface area (Å²) in [5.41, 5.74) is -0.590. The summed E-state index contributed by atoms with van der Waals surface area (Å²) in [5.74, 6) is -2.55. The van der Waals surface area contributed by atoms with Crippen LogP contribution in [0.15, 0.2) is 18.2 Å². The van der Waals surface area contributed by atoms with Gasteiger partial charge in [-0.05, 0) is 18.6 Å². The summed E-state index contributed by atoms with van der Waals surface area (Å²) in [7, 11) is 1.55. The predicted octanol–water partition coefficient (Wildman–Crippen LogP) is 0.839. The quantitative estimate of drug-likeness (QED) is 0.761. The molecule has 7 heteroatoms. The summed E-state index contributed by atoms with van der Waals surface area (Å²) in [5, 5.41) is 14.3. The fraction of sp³-hybridized carbons (Fsp3) is 0.385. The number of nitrogens with one attached hydrogen (secondary N) is 2. The first kappa shape index (κ1) is 14.4. The molecule has 108 valence electrons. The largest absolute Gasteiger partial charge is 0.478 e. The molecule has 1 aliphatic rings. The van der Waals surface area contributed by atoms with Gasteiger partial charge in [0.05, 0.1) is 23.4 Å². The number of benzene rings is 1. The number of aromatic carboxylic acids is 1. The molecule has 0 radical (unpaired) electrons. The highest BCUT2D eigenvalue weighted by Crippen LogP contribution is 2.21. The molecule has 1 aromatic carbocycles. The smallest absolute Gasteiger partial charge is 0.337 e. The fourth-order valence-electron chi connectivity index (χ4n) is 2.12. The van der Waals surface area contributed by atoms with Crippen LogP contribution in [0.4, 0.5) is 10.1 Å². The topological polar surface area (TPSA) is 87.7 Å². The van der Waals surface area contributed by atoms with Gasteiger partial charge in [0.25, 0.3) is 0 Å². The molecule has 0 aliphatic carbocycles. The van der Waals surface area contributed by atoms with Gasteiger partial charge in [0.1, 0.15) is 5.82 Å². The minimum Gasteiger partial charge on any atom is -0.478 e. The fourth-order valence-corrected chi connectivity index (χ4v) is 2.12. The zero-order valence-corrected chi connectivity index (χ0v) is 10.9. The maximum atomic E-state index is 13.7. The lowest BCUT2D eigenvalue weighted by molar-refractivity contribution is -0.118. The van der Waals surface area contributed by atoms with Crippen LogP contribution in [0, 0.1) is 5.82 Å². The second-order valence-corrected chi connectivity index (χ2v) is 4.51. The Morgan fingerprint density at radius 1 is 1.50 bits per heavy atom. The van der Waals surface area contributed by atoms with Crippen molar-refractivity contribution in [3.63, 3.8) is 0 Å². The van der Waals surface area contributed by atoms with Gasteiger partial charge in [0, 0.05) is 13.7 Å². The number of hydrogen-bond donors (Lipinski definition) is 3. The maximum Gasteiger partial charge on any atom is 0.337 e. The van der Waals surface area contributed by atoms with Crippen molar-refractivity contribution < 1.29 is 23.8 Å². The molecule has 3 N–H and O–H groups in total. The molecule has 1 heterocycles. The first-order chi connectivity index (χ1) is 9.52. The summed E-state index contributed by atoms with van der Waals surface area (Å²) in [4.78, 5) is 23.0. The minimum atomic E-state index is -1.30. The molecular weight excluding hydrogens is 267 g/mol. The van der Waals surface area contributed by atoms with Crippen LogP contribution in [0.1, 0.15) is 16.8 Å². The molecule has 2 atom stereocenters. The van der Waals surface area contributed by atoms with E-state index in [1.54, 1.807) is 7.11 Å². The van der Waals surface area contributed by atoms with Crippen LogP contribution >= 0.6 is 0 Å². The molecule has 1 aliphatic heterocycles. The van der Waals surface area contributed by atoms with E-state index in [0.717, 1.165) is 6.07 Å². The van der Waals surface area contributed by atoms with Crippen LogP contribution < -0.4 is 10.6 Å². The first-order valence-electron chi connectivity index (χ1n) is 6.11. The number of para-hydroxylation sites is 1. The normalized spacial score (nSPS) is 21.7. The van der Waals surface area contributed by atoms with Gasteiger partial charge in [-0.15, -0.1) is 0 Å². The number of halogens is 1. The van der Waals surface area contributed by atoms with Crippen molar-refractivity contribution in [2.75, 3.05) is 19.0 Å². The number of rotatable bonds is 4. The molecule has 0 saturated carbocycles. The Bertz CT molecular complexity index is 535. The lowest BCUT2D eigenvalue weighted by Crippen LogP contribution is -2.36. The lowest BCUT2D eigenvalue weighted by Gasteiger charge is -2.13. The van der Waals surface area contributed by atoms with Crippen molar-refractivity contribution in [1.82, 2.24) is 5.32 Å². The number of carbonyl (C=O) groups excluding carboxylic acids is 1. The second kappa shape index (κ2) is 5.98. The van der Waals surface area contributed by atoms with Gasteiger partial charge in [-0.3, -0.25) is 4.79 Å².